The van der Waals surface area contributed by atoms with Crippen molar-refractivity contribution in [2.75, 3.05) is 31.7 Å². The molecule has 2 aromatic rings. The van der Waals surface area contributed by atoms with E-state index in [2.05, 4.69) is 51.1 Å². The minimum Gasteiger partial charge on any atom is -0.384 e. The predicted molar refractivity (Wildman–Crippen MR) is 89.6 cm³/mol. The minimum atomic E-state index is 0.295. The van der Waals surface area contributed by atoms with E-state index in [1.807, 2.05) is 0 Å². The van der Waals surface area contributed by atoms with Crippen LogP contribution in [0.25, 0.3) is 0 Å². The lowest BCUT2D eigenvalue weighted by molar-refractivity contribution is 0.0728. The van der Waals surface area contributed by atoms with Gasteiger partial charge in [0.15, 0.2) is 0 Å². The molecule has 0 saturated carbocycles. The van der Waals surface area contributed by atoms with Crippen molar-refractivity contribution in [3.8, 4) is 0 Å². The fourth-order valence-corrected chi connectivity index (χ4v) is 3.79. The normalized spacial score (nSPS) is 17.9. The number of nitrogens with zero attached hydrogens (tertiary/aromatic N) is 4. The summed E-state index contributed by atoms with van der Waals surface area (Å²) in [5.41, 5.74) is 0.295. The van der Waals surface area contributed by atoms with E-state index in [9.17, 15) is 0 Å². The average molecular weight is 320 g/mol. The lowest BCUT2D eigenvalue weighted by Gasteiger charge is -2.39. The van der Waals surface area contributed by atoms with Gasteiger partial charge in [0.2, 0.25) is 5.95 Å². The molecule has 2 aromatic heterocycles. The largest absolute Gasteiger partial charge is 0.384 e. The summed E-state index contributed by atoms with van der Waals surface area (Å²) >= 11 is 1.77. The number of methoxy groups -OCH3 is 1. The number of piperidine rings is 1. The maximum absolute atomic E-state index is 5.36. The van der Waals surface area contributed by atoms with Gasteiger partial charge in [0, 0.05) is 38.5 Å². The predicted octanol–water partition coefficient (Wildman–Crippen LogP) is 2.72. The summed E-state index contributed by atoms with van der Waals surface area (Å²) in [6.07, 6.45) is 3.12. The lowest BCUT2D eigenvalue weighted by Crippen LogP contribution is -2.41. The van der Waals surface area contributed by atoms with Crippen molar-refractivity contribution in [1.82, 2.24) is 14.8 Å². The van der Waals surface area contributed by atoms with Crippen LogP contribution in [0.15, 0.2) is 17.5 Å². The fraction of sp³-hybridized carbons (Fsp3) is 0.625. The smallest absolute Gasteiger partial charge is 0.226 e. The topological polar surface area (TPSA) is 43.2 Å². The Hall–Kier alpha value is -1.40. The zero-order chi connectivity index (χ0) is 15.6. The van der Waals surface area contributed by atoms with Crippen molar-refractivity contribution in [3.63, 3.8) is 0 Å². The summed E-state index contributed by atoms with van der Waals surface area (Å²) in [5, 5.41) is 10.9. The van der Waals surface area contributed by atoms with Gasteiger partial charge in [-0.3, -0.25) is 0 Å². The SMILES string of the molecule is COCC1(C)CCN(c2nnc(Cc3cccs3)n2C)CC1. The highest BCUT2D eigenvalue weighted by Crippen LogP contribution is 2.32. The summed E-state index contributed by atoms with van der Waals surface area (Å²) in [5.74, 6) is 2.02. The molecule has 1 aliphatic rings. The van der Waals surface area contributed by atoms with Crippen molar-refractivity contribution < 1.29 is 4.74 Å². The highest BCUT2D eigenvalue weighted by Gasteiger charge is 2.31. The molecule has 0 aliphatic carbocycles. The lowest BCUT2D eigenvalue weighted by atomic mass is 9.81. The second kappa shape index (κ2) is 6.38. The Morgan fingerprint density at radius 2 is 2.09 bits per heavy atom. The van der Waals surface area contributed by atoms with E-state index in [4.69, 9.17) is 4.74 Å². The third-order valence-electron chi connectivity index (χ3n) is 4.60. The molecule has 0 bridgehead atoms. The Morgan fingerprint density at radius 1 is 1.32 bits per heavy atom. The Bertz CT molecular complexity index is 600. The molecule has 0 aromatic carbocycles. The van der Waals surface area contributed by atoms with Crippen LogP contribution in [0.5, 0.6) is 0 Å². The van der Waals surface area contributed by atoms with Gasteiger partial charge in [0.1, 0.15) is 5.82 Å². The van der Waals surface area contributed by atoms with Gasteiger partial charge in [-0.05, 0) is 29.7 Å². The van der Waals surface area contributed by atoms with E-state index in [0.717, 1.165) is 50.7 Å². The number of hydrogen-bond donors (Lipinski definition) is 0. The molecule has 3 heterocycles. The fourth-order valence-electron chi connectivity index (χ4n) is 3.09. The molecule has 120 valence electrons. The number of hydrogen-bond acceptors (Lipinski definition) is 5. The van der Waals surface area contributed by atoms with Crippen LogP contribution in [0, 0.1) is 5.41 Å². The van der Waals surface area contributed by atoms with Crippen molar-refractivity contribution in [2.24, 2.45) is 12.5 Å². The van der Waals surface area contributed by atoms with E-state index in [1.165, 1.54) is 4.88 Å². The highest BCUT2D eigenvalue weighted by atomic mass is 32.1. The van der Waals surface area contributed by atoms with Crippen LogP contribution >= 0.6 is 11.3 Å². The Kier molecular flexibility index (Phi) is 4.49. The number of anilines is 1. The zero-order valence-electron chi connectivity index (χ0n) is 13.6. The van der Waals surface area contributed by atoms with Gasteiger partial charge in [-0.1, -0.05) is 13.0 Å². The van der Waals surface area contributed by atoms with Gasteiger partial charge in [-0.2, -0.15) is 0 Å². The van der Waals surface area contributed by atoms with Crippen LogP contribution in [0.1, 0.15) is 30.5 Å². The van der Waals surface area contributed by atoms with Crippen molar-refractivity contribution in [3.05, 3.63) is 28.2 Å². The molecule has 1 fully saturated rings. The Morgan fingerprint density at radius 3 is 2.73 bits per heavy atom. The minimum absolute atomic E-state index is 0.295. The molecule has 6 heteroatoms. The maximum Gasteiger partial charge on any atom is 0.226 e. The van der Waals surface area contributed by atoms with Crippen LogP contribution < -0.4 is 4.90 Å². The summed E-state index contributed by atoms with van der Waals surface area (Å²) < 4.78 is 7.50. The van der Waals surface area contributed by atoms with Crippen molar-refractivity contribution in [1.29, 1.82) is 0 Å². The maximum atomic E-state index is 5.36. The Labute approximate surface area is 135 Å². The number of thiophene rings is 1. The first kappa shape index (κ1) is 15.5. The molecule has 0 radical (unpaired) electrons. The van der Waals surface area contributed by atoms with E-state index < -0.39 is 0 Å². The van der Waals surface area contributed by atoms with E-state index in [0.29, 0.717) is 5.41 Å². The van der Waals surface area contributed by atoms with Crippen LogP contribution in [0.4, 0.5) is 5.95 Å². The number of aromatic nitrogens is 3. The molecule has 5 nitrogen and oxygen atoms in total. The van der Waals surface area contributed by atoms with Crippen LogP contribution in [-0.2, 0) is 18.2 Å². The van der Waals surface area contributed by atoms with Gasteiger partial charge in [-0.25, -0.2) is 0 Å². The summed E-state index contributed by atoms with van der Waals surface area (Å²) in [4.78, 5) is 3.68. The van der Waals surface area contributed by atoms with Gasteiger partial charge in [0.25, 0.3) is 0 Å². The molecule has 0 N–H and O–H groups in total. The monoisotopic (exact) mass is 320 g/mol. The molecule has 0 atom stereocenters. The molecule has 0 amide bonds. The van der Waals surface area contributed by atoms with Gasteiger partial charge in [0.05, 0.1) is 6.61 Å². The van der Waals surface area contributed by atoms with Crippen molar-refractivity contribution >= 4 is 17.3 Å². The second-order valence-electron chi connectivity index (χ2n) is 6.46. The second-order valence-corrected chi connectivity index (χ2v) is 7.49. The molecule has 0 unspecified atom stereocenters. The summed E-state index contributed by atoms with van der Waals surface area (Å²) in [7, 11) is 3.86. The van der Waals surface area contributed by atoms with Crippen molar-refractivity contribution in [2.45, 2.75) is 26.2 Å². The standard InChI is InChI=1S/C16H24N4OS/c1-16(12-21-3)6-8-20(9-7-16)15-18-17-14(19(15)2)11-13-5-4-10-22-13/h4-5,10H,6-9,11-12H2,1-3H3. The molecule has 3 rings (SSSR count). The molecular formula is C16H24N4OS. The first-order valence-electron chi connectivity index (χ1n) is 7.76. The first-order chi connectivity index (χ1) is 10.6. The quantitative estimate of drug-likeness (QED) is 0.849. The van der Waals surface area contributed by atoms with Gasteiger partial charge < -0.3 is 14.2 Å². The van der Waals surface area contributed by atoms with E-state index in [1.54, 1.807) is 18.4 Å². The molecule has 22 heavy (non-hydrogen) atoms. The highest BCUT2D eigenvalue weighted by molar-refractivity contribution is 7.09. The van der Waals surface area contributed by atoms with E-state index in [-0.39, 0.29) is 0 Å². The molecular weight excluding hydrogens is 296 g/mol. The first-order valence-corrected chi connectivity index (χ1v) is 8.64. The zero-order valence-corrected chi connectivity index (χ0v) is 14.4. The number of rotatable bonds is 5. The summed E-state index contributed by atoms with van der Waals surface area (Å²) in [6.45, 7) is 5.19. The average Bonchev–Trinajstić information content (AvgIpc) is 3.12. The van der Waals surface area contributed by atoms with Crippen LogP contribution in [0.2, 0.25) is 0 Å². The Balaban J connectivity index is 1.68. The van der Waals surface area contributed by atoms with Gasteiger partial charge in [-0.15, -0.1) is 21.5 Å². The van der Waals surface area contributed by atoms with Gasteiger partial charge >= 0.3 is 0 Å². The number of ether oxygens (including phenoxy) is 1. The third-order valence-corrected chi connectivity index (χ3v) is 5.48. The van der Waals surface area contributed by atoms with Crippen LogP contribution in [-0.4, -0.2) is 41.6 Å². The van der Waals surface area contributed by atoms with Crippen LogP contribution in [0.3, 0.4) is 0 Å². The molecule has 0 spiro atoms. The van der Waals surface area contributed by atoms with E-state index >= 15 is 0 Å². The third kappa shape index (κ3) is 3.17. The molecule has 1 saturated heterocycles. The summed E-state index contributed by atoms with van der Waals surface area (Å²) in [6, 6.07) is 4.23. The molecule has 1 aliphatic heterocycles.